The van der Waals surface area contributed by atoms with Crippen molar-refractivity contribution in [2.75, 3.05) is 38.2 Å². The summed E-state index contributed by atoms with van der Waals surface area (Å²) < 4.78 is 7.24. The van der Waals surface area contributed by atoms with Gasteiger partial charge in [-0.1, -0.05) is 6.92 Å². The zero-order chi connectivity index (χ0) is 26.1. The van der Waals surface area contributed by atoms with Crippen LogP contribution in [0.5, 0.6) is 11.6 Å². The van der Waals surface area contributed by atoms with Gasteiger partial charge >= 0.3 is 0 Å². The van der Waals surface area contributed by atoms with Crippen molar-refractivity contribution >= 4 is 22.8 Å². The number of methoxy groups -OCH3 is 1. The molecule has 0 atom stereocenters. The minimum atomic E-state index is -0.328. The number of hydrogen-bond donors (Lipinski definition) is 1. The molecule has 37 heavy (non-hydrogen) atoms. The molecule has 1 saturated heterocycles. The molecule has 0 saturated carbocycles. The lowest BCUT2D eigenvalue weighted by Gasteiger charge is -2.36. The molecule has 12 nitrogen and oxygen atoms in total. The van der Waals surface area contributed by atoms with Gasteiger partial charge in [-0.2, -0.15) is 0 Å². The predicted molar refractivity (Wildman–Crippen MR) is 137 cm³/mol. The molecule has 0 radical (unpaired) electrons. The minimum Gasteiger partial charge on any atom is -0.505 e. The van der Waals surface area contributed by atoms with E-state index in [-0.39, 0.29) is 28.3 Å². The zero-order valence-electron chi connectivity index (χ0n) is 21.0. The van der Waals surface area contributed by atoms with Gasteiger partial charge in [0.25, 0.3) is 5.91 Å². The molecule has 5 rings (SSSR count). The molecule has 0 bridgehead atoms. The number of aromatic hydroxyl groups is 1. The van der Waals surface area contributed by atoms with E-state index in [1.54, 1.807) is 29.3 Å². The van der Waals surface area contributed by atoms with E-state index < -0.39 is 0 Å². The first-order chi connectivity index (χ1) is 18.0. The van der Waals surface area contributed by atoms with Crippen LogP contribution in [0.15, 0.2) is 41.5 Å². The van der Waals surface area contributed by atoms with Crippen LogP contribution in [0, 0.1) is 0 Å². The molecule has 1 amide bonds. The quantitative estimate of drug-likeness (QED) is 0.416. The van der Waals surface area contributed by atoms with Gasteiger partial charge < -0.3 is 24.2 Å². The molecule has 5 heterocycles. The Morgan fingerprint density at radius 1 is 1.08 bits per heavy atom. The van der Waals surface area contributed by atoms with Crippen LogP contribution in [0.3, 0.4) is 0 Å². The Labute approximate surface area is 212 Å². The van der Waals surface area contributed by atoms with Crippen LogP contribution in [0.25, 0.3) is 16.9 Å². The first-order valence-corrected chi connectivity index (χ1v) is 12.2. The molecule has 12 heteroatoms. The van der Waals surface area contributed by atoms with Crippen LogP contribution < -0.4 is 15.1 Å². The lowest BCUT2D eigenvalue weighted by molar-refractivity contribution is 0.0737. The van der Waals surface area contributed by atoms with Crippen molar-refractivity contribution in [2.24, 2.45) is 0 Å². The Morgan fingerprint density at radius 3 is 2.54 bits per heavy atom. The third kappa shape index (κ3) is 4.24. The van der Waals surface area contributed by atoms with E-state index in [0.717, 1.165) is 5.69 Å². The van der Waals surface area contributed by atoms with E-state index in [1.807, 2.05) is 23.3 Å². The second kappa shape index (κ2) is 9.88. The lowest BCUT2D eigenvalue weighted by atomic mass is 10.1. The number of pyridine rings is 3. The van der Waals surface area contributed by atoms with E-state index in [0.29, 0.717) is 62.0 Å². The number of nitrogens with zero attached hydrogens (tertiary/aromatic N) is 8. The summed E-state index contributed by atoms with van der Waals surface area (Å²) in [6.07, 6.45) is 3.71. The summed E-state index contributed by atoms with van der Waals surface area (Å²) in [5, 5.41) is 19.2. The maximum Gasteiger partial charge on any atom is 0.276 e. The normalized spacial score (nSPS) is 13.8. The fourth-order valence-electron chi connectivity index (χ4n) is 4.75. The average molecular weight is 505 g/mol. The maximum absolute atomic E-state index is 13.8. The topological polar surface area (TPSA) is 132 Å². The highest BCUT2D eigenvalue weighted by Crippen LogP contribution is 2.25. The fraction of sp³-hybridized carbons (Fsp3) is 0.360. The number of amides is 1. The summed E-state index contributed by atoms with van der Waals surface area (Å²) in [6.45, 7) is 6.35. The molecule has 0 aliphatic carbocycles. The fourth-order valence-corrected chi connectivity index (χ4v) is 4.75. The van der Waals surface area contributed by atoms with Crippen molar-refractivity contribution < 1.29 is 14.6 Å². The van der Waals surface area contributed by atoms with Gasteiger partial charge in [0.2, 0.25) is 11.3 Å². The van der Waals surface area contributed by atoms with Crippen molar-refractivity contribution in [3.8, 4) is 17.3 Å². The molecule has 192 valence electrons. The molecule has 0 unspecified atom stereocenters. The molecule has 0 aromatic carbocycles. The van der Waals surface area contributed by atoms with Crippen LogP contribution >= 0.6 is 0 Å². The van der Waals surface area contributed by atoms with E-state index in [9.17, 15) is 14.7 Å². The van der Waals surface area contributed by atoms with Gasteiger partial charge in [0.05, 0.1) is 12.8 Å². The lowest BCUT2D eigenvalue weighted by Crippen LogP contribution is -2.50. The van der Waals surface area contributed by atoms with Crippen molar-refractivity contribution in [2.45, 2.75) is 26.8 Å². The van der Waals surface area contributed by atoms with Gasteiger partial charge in [-0.05, 0) is 31.5 Å². The van der Waals surface area contributed by atoms with Gasteiger partial charge in [-0.25, -0.2) is 9.97 Å². The van der Waals surface area contributed by atoms with Gasteiger partial charge in [-0.3, -0.25) is 9.59 Å². The Morgan fingerprint density at radius 2 is 1.86 bits per heavy atom. The SMILES string of the molecule is CCc1c(N2CCN(C(=O)c3ncccc3O)CC2)c(=O)c2nn(-c3ccnc(OC)c3)nc2n1CC. The van der Waals surface area contributed by atoms with Crippen molar-refractivity contribution in [1.29, 1.82) is 0 Å². The van der Waals surface area contributed by atoms with Crippen LogP contribution in [-0.2, 0) is 13.0 Å². The third-order valence-electron chi connectivity index (χ3n) is 6.56. The van der Waals surface area contributed by atoms with E-state index in [4.69, 9.17) is 4.74 Å². The number of fused-ring (bicyclic) bond motifs is 1. The first-order valence-electron chi connectivity index (χ1n) is 12.2. The van der Waals surface area contributed by atoms with E-state index >= 15 is 0 Å². The average Bonchev–Trinajstić information content (AvgIpc) is 3.39. The predicted octanol–water partition coefficient (Wildman–Crippen LogP) is 1.63. The molecule has 4 aromatic heterocycles. The summed E-state index contributed by atoms with van der Waals surface area (Å²) in [7, 11) is 1.53. The molecular formula is C25H28N8O4. The number of aryl methyl sites for hydroxylation is 1. The highest BCUT2D eigenvalue weighted by molar-refractivity contribution is 5.95. The molecule has 4 aromatic rings. The van der Waals surface area contributed by atoms with Gasteiger partial charge in [0.15, 0.2) is 16.9 Å². The molecule has 0 spiro atoms. The number of ether oxygens (including phenoxy) is 1. The highest BCUT2D eigenvalue weighted by Gasteiger charge is 2.29. The minimum absolute atomic E-state index is 0.0318. The number of carbonyl (C=O) groups is 1. The zero-order valence-corrected chi connectivity index (χ0v) is 21.0. The monoisotopic (exact) mass is 504 g/mol. The standard InChI is InChI=1S/C25H28N8O4/c1-4-17-22(30-11-13-31(14-12-30)25(36)20-18(34)7-6-9-27-20)23(35)21-24(32(17)5-2)29-33(28-21)16-8-10-26-19(15-16)37-3/h6-10,15,34H,4-5,11-14H2,1-3H3. The summed E-state index contributed by atoms with van der Waals surface area (Å²) in [5.74, 6) is -0.0501. The number of carbonyl (C=O) groups excluding carboxylic acids is 1. The number of hydrogen-bond acceptors (Lipinski definition) is 9. The number of anilines is 1. The van der Waals surface area contributed by atoms with Crippen molar-refractivity contribution in [3.05, 3.63) is 58.3 Å². The largest absolute Gasteiger partial charge is 0.505 e. The summed E-state index contributed by atoms with van der Waals surface area (Å²) >= 11 is 0. The summed E-state index contributed by atoms with van der Waals surface area (Å²) in [5.41, 5.74) is 2.74. The van der Waals surface area contributed by atoms with Crippen LogP contribution in [0.2, 0.25) is 0 Å². The third-order valence-corrected chi connectivity index (χ3v) is 6.56. The van der Waals surface area contributed by atoms with Crippen molar-refractivity contribution in [3.63, 3.8) is 0 Å². The van der Waals surface area contributed by atoms with Crippen LogP contribution in [0.4, 0.5) is 5.69 Å². The van der Waals surface area contributed by atoms with Crippen LogP contribution in [0.1, 0.15) is 30.0 Å². The second-order valence-corrected chi connectivity index (χ2v) is 8.59. The molecular weight excluding hydrogens is 476 g/mol. The number of piperazine rings is 1. The Bertz CT molecular complexity index is 1520. The number of aromatic nitrogens is 6. The number of rotatable bonds is 6. The van der Waals surface area contributed by atoms with Gasteiger partial charge in [-0.15, -0.1) is 15.0 Å². The smallest absolute Gasteiger partial charge is 0.276 e. The summed E-state index contributed by atoms with van der Waals surface area (Å²) in [6, 6.07) is 6.48. The first kappa shape index (κ1) is 24.2. The Balaban J connectivity index is 1.50. The molecule has 1 N–H and O–H groups in total. The Kier molecular flexibility index (Phi) is 6.47. The van der Waals surface area contributed by atoms with Gasteiger partial charge in [0, 0.05) is 56.9 Å². The molecule has 1 fully saturated rings. The summed E-state index contributed by atoms with van der Waals surface area (Å²) in [4.78, 5) is 39.9. The van der Waals surface area contributed by atoms with E-state index in [1.165, 1.54) is 24.2 Å². The van der Waals surface area contributed by atoms with E-state index in [2.05, 4.69) is 20.2 Å². The Hall–Kier alpha value is -4.48. The molecule has 1 aliphatic rings. The molecule has 1 aliphatic heterocycles. The second-order valence-electron chi connectivity index (χ2n) is 8.59. The maximum atomic E-state index is 13.8. The van der Waals surface area contributed by atoms with Gasteiger partial charge in [0.1, 0.15) is 11.4 Å². The van der Waals surface area contributed by atoms with Crippen molar-refractivity contribution in [1.82, 2.24) is 34.4 Å². The highest BCUT2D eigenvalue weighted by atomic mass is 16.5. The van der Waals surface area contributed by atoms with Crippen LogP contribution in [-0.4, -0.2) is 78.7 Å².